The SMILES string of the molecule is CCS(=O)(=O)CCNc1cccc(NN)n1. The van der Waals surface area contributed by atoms with Gasteiger partial charge in [-0.05, 0) is 12.1 Å². The molecular weight excluding hydrogens is 228 g/mol. The minimum atomic E-state index is -2.94. The third-order valence-corrected chi connectivity index (χ3v) is 3.76. The molecule has 0 saturated heterocycles. The van der Waals surface area contributed by atoms with Crippen LogP contribution in [0.1, 0.15) is 6.92 Å². The molecular formula is C9H16N4O2S. The molecule has 0 aromatic carbocycles. The van der Waals surface area contributed by atoms with E-state index >= 15 is 0 Å². The lowest BCUT2D eigenvalue weighted by atomic mass is 10.4. The van der Waals surface area contributed by atoms with E-state index in [1.54, 1.807) is 25.1 Å². The van der Waals surface area contributed by atoms with Crippen LogP contribution in [0.3, 0.4) is 0 Å². The summed E-state index contributed by atoms with van der Waals surface area (Å²) in [6.45, 7) is 1.98. The van der Waals surface area contributed by atoms with Crippen molar-refractivity contribution in [3.05, 3.63) is 18.2 Å². The molecule has 0 saturated carbocycles. The molecule has 6 nitrogen and oxygen atoms in total. The third-order valence-electron chi connectivity index (χ3n) is 2.06. The van der Waals surface area contributed by atoms with E-state index in [1.165, 1.54) is 0 Å². The van der Waals surface area contributed by atoms with Gasteiger partial charge in [-0.3, -0.25) is 0 Å². The van der Waals surface area contributed by atoms with E-state index in [4.69, 9.17) is 5.84 Å². The van der Waals surface area contributed by atoms with Gasteiger partial charge in [0, 0.05) is 12.3 Å². The number of nitrogen functional groups attached to an aromatic ring is 1. The first-order valence-corrected chi connectivity index (χ1v) is 6.77. The van der Waals surface area contributed by atoms with Crippen LogP contribution < -0.4 is 16.6 Å². The molecule has 4 N–H and O–H groups in total. The van der Waals surface area contributed by atoms with Gasteiger partial charge in [0.2, 0.25) is 0 Å². The van der Waals surface area contributed by atoms with Gasteiger partial charge in [-0.1, -0.05) is 13.0 Å². The van der Waals surface area contributed by atoms with E-state index in [1.807, 2.05) is 0 Å². The van der Waals surface area contributed by atoms with Crippen LogP contribution in [0, 0.1) is 0 Å². The Labute approximate surface area is 95.1 Å². The number of nitrogens with two attached hydrogens (primary N) is 1. The average Bonchev–Trinajstić information content (AvgIpc) is 2.29. The molecule has 0 bridgehead atoms. The summed E-state index contributed by atoms with van der Waals surface area (Å²) in [7, 11) is -2.94. The van der Waals surface area contributed by atoms with Gasteiger partial charge in [0.25, 0.3) is 0 Å². The number of pyridine rings is 1. The fourth-order valence-electron chi connectivity index (χ4n) is 1.09. The Hall–Kier alpha value is -1.34. The highest BCUT2D eigenvalue weighted by atomic mass is 32.2. The van der Waals surface area contributed by atoms with E-state index in [-0.39, 0.29) is 11.5 Å². The Morgan fingerprint density at radius 1 is 1.38 bits per heavy atom. The van der Waals surface area contributed by atoms with Crippen molar-refractivity contribution in [1.82, 2.24) is 4.98 Å². The standard InChI is InChI=1S/C9H16N4O2S/c1-2-16(14,15)7-6-11-8-4-3-5-9(12-8)13-10/h3-5H,2,6-7,10H2,1H3,(H2,11,12,13). The summed E-state index contributed by atoms with van der Waals surface area (Å²) < 4.78 is 22.4. The van der Waals surface area contributed by atoms with Crippen molar-refractivity contribution >= 4 is 21.5 Å². The van der Waals surface area contributed by atoms with Crippen LogP contribution >= 0.6 is 0 Å². The summed E-state index contributed by atoms with van der Waals surface area (Å²) >= 11 is 0. The summed E-state index contributed by atoms with van der Waals surface area (Å²) in [5, 5.41) is 2.92. The molecule has 7 heteroatoms. The molecule has 0 aliphatic heterocycles. The first-order chi connectivity index (χ1) is 7.57. The van der Waals surface area contributed by atoms with Gasteiger partial charge in [0.15, 0.2) is 9.84 Å². The van der Waals surface area contributed by atoms with Crippen LogP contribution in [0.25, 0.3) is 0 Å². The van der Waals surface area contributed by atoms with Crippen molar-refractivity contribution in [3.8, 4) is 0 Å². The van der Waals surface area contributed by atoms with Crippen LogP contribution in [0.5, 0.6) is 0 Å². The molecule has 1 aromatic heterocycles. The Morgan fingerprint density at radius 3 is 2.69 bits per heavy atom. The van der Waals surface area contributed by atoms with E-state index in [9.17, 15) is 8.42 Å². The maximum atomic E-state index is 11.2. The van der Waals surface area contributed by atoms with Crippen LogP contribution in [-0.4, -0.2) is 31.5 Å². The zero-order valence-electron chi connectivity index (χ0n) is 9.10. The monoisotopic (exact) mass is 244 g/mol. The predicted octanol–water partition coefficient (Wildman–Crippen LogP) is 0.214. The zero-order valence-corrected chi connectivity index (χ0v) is 9.92. The first kappa shape index (κ1) is 12.7. The van der Waals surface area contributed by atoms with Crippen molar-refractivity contribution in [2.45, 2.75) is 6.92 Å². The van der Waals surface area contributed by atoms with Crippen molar-refractivity contribution in [3.63, 3.8) is 0 Å². The summed E-state index contributed by atoms with van der Waals surface area (Å²) in [5.74, 6) is 6.59. The number of hydrogen-bond acceptors (Lipinski definition) is 6. The van der Waals surface area contributed by atoms with E-state index in [0.717, 1.165) is 0 Å². The molecule has 0 unspecified atom stereocenters. The lowest BCUT2D eigenvalue weighted by Gasteiger charge is -2.06. The second-order valence-electron chi connectivity index (χ2n) is 3.22. The lowest BCUT2D eigenvalue weighted by Crippen LogP contribution is -2.18. The Balaban J connectivity index is 2.49. The number of aromatic nitrogens is 1. The molecule has 1 rings (SSSR count). The van der Waals surface area contributed by atoms with Crippen molar-refractivity contribution in [2.75, 3.05) is 28.8 Å². The van der Waals surface area contributed by atoms with Gasteiger partial charge in [-0.2, -0.15) is 0 Å². The summed E-state index contributed by atoms with van der Waals surface area (Å²) in [6, 6.07) is 5.24. The molecule has 0 fully saturated rings. The second kappa shape index (κ2) is 5.66. The van der Waals surface area contributed by atoms with E-state index in [2.05, 4.69) is 15.7 Å². The molecule has 0 amide bonds. The lowest BCUT2D eigenvalue weighted by molar-refractivity contribution is 0.597. The quantitative estimate of drug-likeness (QED) is 0.489. The first-order valence-electron chi connectivity index (χ1n) is 4.95. The molecule has 0 aliphatic rings. The summed E-state index contributed by atoms with van der Waals surface area (Å²) in [6.07, 6.45) is 0. The number of hydrogen-bond donors (Lipinski definition) is 3. The number of sulfone groups is 1. The van der Waals surface area contributed by atoms with Crippen LogP contribution in [0.15, 0.2) is 18.2 Å². The zero-order chi connectivity index (χ0) is 12.0. The second-order valence-corrected chi connectivity index (χ2v) is 5.69. The van der Waals surface area contributed by atoms with Gasteiger partial charge >= 0.3 is 0 Å². The summed E-state index contributed by atoms with van der Waals surface area (Å²) in [4.78, 5) is 4.09. The minimum Gasteiger partial charge on any atom is -0.369 e. The number of nitrogens with zero attached hydrogens (tertiary/aromatic N) is 1. The molecule has 1 aromatic rings. The van der Waals surface area contributed by atoms with Crippen LogP contribution in [0.4, 0.5) is 11.6 Å². The molecule has 90 valence electrons. The molecule has 16 heavy (non-hydrogen) atoms. The smallest absolute Gasteiger partial charge is 0.151 e. The number of nitrogens with one attached hydrogen (secondary N) is 2. The van der Waals surface area contributed by atoms with E-state index in [0.29, 0.717) is 18.2 Å². The Bertz CT molecular complexity index is 433. The van der Waals surface area contributed by atoms with Crippen molar-refractivity contribution in [2.24, 2.45) is 5.84 Å². The van der Waals surface area contributed by atoms with Gasteiger partial charge in [-0.25, -0.2) is 19.2 Å². The van der Waals surface area contributed by atoms with Gasteiger partial charge in [0.1, 0.15) is 11.6 Å². The molecule has 0 radical (unpaired) electrons. The fraction of sp³-hybridized carbons (Fsp3) is 0.444. The molecule has 0 atom stereocenters. The Kier molecular flexibility index (Phi) is 4.51. The number of anilines is 2. The predicted molar refractivity (Wildman–Crippen MR) is 64.9 cm³/mol. The fourth-order valence-corrected chi connectivity index (χ4v) is 1.79. The maximum absolute atomic E-state index is 11.2. The van der Waals surface area contributed by atoms with Crippen LogP contribution in [-0.2, 0) is 9.84 Å². The highest BCUT2D eigenvalue weighted by molar-refractivity contribution is 7.91. The molecule has 0 aliphatic carbocycles. The topological polar surface area (TPSA) is 97.1 Å². The number of hydrazine groups is 1. The van der Waals surface area contributed by atoms with Crippen molar-refractivity contribution < 1.29 is 8.42 Å². The minimum absolute atomic E-state index is 0.103. The maximum Gasteiger partial charge on any atom is 0.151 e. The Morgan fingerprint density at radius 2 is 2.06 bits per heavy atom. The molecule has 0 spiro atoms. The van der Waals surface area contributed by atoms with Gasteiger partial charge in [0.05, 0.1) is 5.75 Å². The van der Waals surface area contributed by atoms with Gasteiger partial charge in [-0.15, -0.1) is 0 Å². The highest BCUT2D eigenvalue weighted by Crippen LogP contribution is 2.07. The largest absolute Gasteiger partial charge is 0.369 e. The number of rotatable bonds is 6. The highest BCUT2D eigenvalue weighted by Gasteiger charge is 2.06. The van der Waals surface area contributed by atoms with Gasteiger partial charge < -0.3 is 10.7 Å². The normalized spacial score (nSPS) is 11.1. The molecule has 1 heterocycles. The van der Waals surface area contributed by atoms with E-state index < -0.39 is 9.84 Å². The third kappa shape index (κ3) is 4.03. The summed E-state index contributed by atoms with van der Waals surface area (Å²) in [5.41, 5.74) is 2.42. The van der Waals surface area contributed by atoms with Crippen molar-refractivity contribution in [1.29, 1.82) is 0 Å². The van der Waals surface area contributed by atoms with Crippen LogP contribution in [0.2, 0.25) is 0 Å². The average molecular weight is 244 g/mol.